The number of hydrogen-bond donors (Lipinski definition) is 3. The number of benzene rings is 2. The lowest BCUT2D eigenvalue weighted by molar-refractivity contribution is -0.125. The van der Waals surface area contributed by atoms with Crippen LogP contribution in [0.15, 0.2) is 48.5 Å². The van der Waals surface area contributed by atoms with E-state index >= 15 is 0 Å². The van der Waals surface area contributed by atoms with Gasteiger partial charge in [0.05, 0.1) is 12.3 Å². The van der Waals surface area contributed by atoms with Crippen LogP contribution in [0.2, 0.25) is 0 Å². The number of nitrogens with one attached hydrogen (secondary N) is 3. The Morgan fingerprint density at radius 3 is 2.33 bits per heavy atom. The van der Waals surface area contributed by atoms with Crippen LogP contribution in [-0.2, 0) is 22.7 Å². The normalized spacial score (nSPS) is 14.2. The van der Waals surface area contributed by atoms with Gasteiger partial charge in [0, 0.05) is 12.2 Å². The summed E-state index contributed by atoms with van der Waals surface area (Å²) < 4.78 is 13.0. The second-order valence-electron chi connectivity index (χ2n) is 7.52. The van der Waals surface area contributed by atoms with E-state index in [2.05, 4.69) is 16.0 Å². The van der Waals surface area contributed by atoms with Crippen molar-refractivity contribution in [2.75, 3.05) is 11.1 Å². The average molecular weight is 473 g/mol. The number of thioether (sulfide) groups is 1. The Morgan fingerprint density at radius 1 is 1.06 bits per heavy atom. The summed E-state index contributed by atoms with van der Waals surface area (Å²) in [5.74, 6) is -0.764. The van der Waals surface area contributed by atoms with Crippen LogP contribution in [0, 0.1) is 5.82 Å². The van der Waals surface area contributed by atoms with Crippen molar-refractivity contribution in [3.05, 3.63) is 65.5 Å². The summed E-state index contributed by atoms with van der Waals surface area (Å²) in [4.78, 5) is 49.6. The van der Waals surface area contributed by atoms with Gasteiger partial charge in [-0.15, -0.1) is 0 Å². The molecule has 1 atom stereocenters. The summed E-state index contributed by atoms with van der Waals surface area (Å²) >= 11 is 0.985. The first-order valence-electron chi connectivity index (χ1n) is 10.5. The van der Waals surface area contributed by atoms with Crippen LogP contribution in [-0.4, -0.2) is 39.8 Å². The molecule has 8 nitrogen and oxygen atoms in total. The molecular weight excluding hydrogens is 447 g/mol. The summed E-state index contributed by atoms with van der Waals surface area (Å²) in [5, 5.41) is 7.85. The summed E-state index contributed by atoms with van der Waals surface area (Å²) in [6, 6.07) is 11.4. The number of anilines is 1. The first-order chi connectivity index (χ1) is 15.9. The van der Waals surface area contributed by atoms with Crippen molar-refractivity contribution < 1.29 is 23.6 Å². The fourth-order valence-corrected chi connectivity index (χ4v) is 3.92. The average Bonchev–Trinajstić information content (AvgIpc) is 3.11. The van der Waals surface area contributed by atoms with Gasteiger partial charge in [-0.05, 0) is 41.8 Å². The second kappa shape index (κ2) is 11.5. The Hall–Kier alpha value is -3.40. The molecule has 10 heteroatoms. The SMILES string of the molecule is CCCC(NC(=O)NCc1ccc(F)cc1)C(=O)Nc1ccc(CN2C(=O)CSC2=O)cc1. The van der Waals surface area contributed by atoms with Gasteiger partial charge in [0.15, 0.2) is 0 Å². The van der Waals surface area contributed by atoms with Crippen LogP contribution >= 0.6 is 11.8 Å². The highest BCUT2D eigenvalue weighted by molar-refractivity contribution is 8.14. The van der Waals surface area contributed by atoms with Crippen LogP contribution in [0.5, 0.6) is 0 Å². The maximum Gasteiger partial charge on any atom is 0.315 e. The van der Waals surface area contributed by atoms with E-state index in [1.54, 1.807) is 36.4 Å². The largest absolute Gasteiger partial charge is 0.334 e. The molecule has 1 heterocycles. The molecule has 1 saturated heterocycles. The standard InChI is InChI=1S/C23H25FN4O4S/c1-2-3-19(27-22(31)25-12-15-4-8-17(24)9-5-15)21(30)26-18-10-6-16(7-11-18)13-28-20(29)14-33-23(28)32/h4-11,19H,2-3,12-14H2,1H3,(H,26,30)(H2,25,27,31). The number of carbonyl (C=O) groups is 4. The van der Waals surface area contributed by atoms with E-state index in [9.17, 15) is 23.6 Å². The zero-order chi connectivity index (χ0) is 23.8. The predicted molar refractivity (Wildman–Crippen MR) is 124 cm³/mol. The molecule has 0 bridgehead atoms. The Bertz CT molecular complexity index is 998. The lowest BCUT2D eigenvalue weighted by atomic mass is 10.1. The molecular formula is C23H25FN4O4S. The maximum absolute atomic E-state index is 13.0. The monoisotopic (exact) mass is 472 g/mol. The van der Waals surface area contributed by atoms with Crippen molar-refractivity contribution >= 4 is 40.5 Å². The Morgan fingerprint density at radius 2 is 1.73 bits per heavy atom. The summed E-state index contributed by atoms with van der Waals surface area (Å²) in [5.41, 5.74) is 2.03. The lowest BCUT2D eigenvalue weighted by Crippen LogP contribution is -2.47. The number of hydrogen-bond acceptors (Lipinski definition) is 5. The number of amides is 5. The van der Waals surface area contributed by atoms with Gasteiger partial charge in [-0.3, -0.25) is 19.3 Å². The highest BCUT2D eigenvalue weighted by Gasteiger charge is 2.29. The fraction of sp³-hybridized carbons (Fsp3) is 0.304. The number of urea groups is 1. The number of carbonyl (C=O) groups excluding carboxylic acids is 4. The first-order valence-corrected chi connectivity index (χ1v) is 11.5. The lowest BCUT2D eigenvalue weighted by Gasteiger charge is -2.19. The molecule has 174 valence electrons. The molecule has 0 saturated carbocycles. The van der Waals surface area contributed by atoms with Crippen molar-refractivity contribution in [3.8, 4) is 0 Å². The summed E-state index contributed by atoms with van der Waals surface area (Å²) in [6.45, 7) is 2.30. The van der Waals surface area contributed by atoms with Gasteiger partial charge in [-0.2, -0.15) is 0 Å². The molecule has 3 N–H and O–H groups in total. The van der Waals surface area contributed by atoms with E-state index in [1.165, 1.54) is 17.0 Å². The minimum atomic E-state index is -0.736. The van der Waals surface area contributed by atoms with Gasteiger partial charge in [-0.25, -0.2) is 9.18 Å². The van der Waals surface area contributed by atoms with Crippen molar-refractivity contribution in [2.45, 2.75) is 38.9 Å². The van der Waals surface area contributed by atoms with Crippen LogP contribution < -0.4 is 16.0 Å². The van der Waals surface area contributed by atoms with Gasteiger partial charge in [0.1, 0.15) is 11.9 Å². The van der Waals surface area contributed by atoms with Crippen molar-refractivity contribution in [2.24, 2.45) is 0 Å². The van der Waals surface area contributed by atoms with E-state index in [1.807, 2.05) is 6.92 Å². The van der Waals surface area contributed by atoms with Crippen molar-refractivity contribution in [3.63, 3.8) is 0 Å². The zero-order valence-electron chi connectivity index (χ0n) is 18.1. The van der Waals surface area contributed by atoms with Crippen LogP contribution in [0.3, 0.4) is 0 Å². The van der Waals surface area contributed by atoms with E-state index in [0.29, 0.717) is 18.5 Å². The highest BCUT2D eigenvalue weighted by Crippen LogP contribution is 2.22. The molecule has 1 aliphatic rings. The van der Waals surface area contributed by atoms with E-state index in [-0.39, 0.29) is 41.7 Å². The van der Waals surface area contributed by atoms with Crippen LogP contribution in [0.4, 0.5) is 19.7 Å². The third kappa shape index (κ3) is 7.04. The van der Waals surface area contributed by atoms with Gasteiger partial charge in [0.25, 0.3) is 5.24 Å². The topological polar surface area (TPSA) is 108 Å². The first kappa shape index (κ1) is 24.2. The summed E-state index contributed by atoms with van der Waals surface area (Å²) in [7, 11) is 0. The maximum atomic E-state index is 13.0. The van der Waals surface area contributed by atoms with Gasteiger partial charge in [-0.1, -0.05) is 49.4 Å². The molecule has 1 aliphatic heterocycles. The highest BCUT2D eigenvalue weighted by atomic mass is 32.2. The van der Waals surface area contributed by atoms with Crippen LogP contribution in [0.25, 0.3) is 0 Å². The van der Waals surface area contributed by atoms with Crippen LogP contribution in [0.1, 0.15) is 30.9 Å². The van der Waals surface area contributed by atoms with Gasteiger partial charge >= 0.3 is 6.03 Å². The molecule has 5 amide bonds. The molecule has 0 spiro atoms. The fourth-order valence-electron chi connectivity index (χ4n) is 3.19. The van der Waals surface area contributed by atoms with Crippen molar-refractivity contribution in [1.29, 1.82) is 0 Å². The number of nitrogens with zero attached hydrogens (tertiary/aromatic N) is 1. The molecule has 33 heavy (non-hydrogen) atoms. The molecule has 1 fully saturated rings. The smallest absolute Gasteiger partial charge is 0.315 e. The van der Waals surface area contributed by atoms with E-state index < -0.39 is 12.1 Å². The molecule has 0 radical (unpaired) electrons. The van der Waals surface area contributed by atoms with Gasteiger partial charge < -0.3 is 16.0 Å². The molecule has 2 aromatic carbocycles. The molecule has 0 aromatic heterocycles. The molecule has 1 unspecified atom stereocenters. The van der Waals surface area contributed by atoms with E-state index in [4.69, 9.17) is 0 Å². The quantitative estimate of drug-likeness (QED) is 0.517. The summed E-state index contributed by atoms with van der Waals surface area (Å²) in [6.07, 6.45) is 1.13. The van der Waals surface area contributed by atoms with Gasteiger partial charge in [0.2, 0.25) is 11.8 Å². The molecule has 3 rings (SSSR count). The zero-order valence-corrected chi connectivity index (χ0v) is 18.9. The minimum Gasteiger partial charge on any atom is -0.334 e. The van der Waals surface area contributed by atoms with E-state index in [0.717, 1.165) is 22.9 Å². The molecule has 0 aliphatic carbocycles. The minimum absolute atomic E-state index is 0.163. The number of halogens is 1. The third-order valence-corrected chi connectivity index (χ3v) is 5.83. The second-order valence-corrected chi connectivity index (χ2v) is 8.44. The number of rotatable bonds is 9. The Balaban J connectivity index is 1.52. The Kier molecular flexibility index (Phi) is 8.42. The predicted octanol–water partition coefficient (Wildman–Crippen LogP) is 3.63. The Labute approximate surface area is 195 Å². The third-order valence-electron chi connectivity index (χ3n) is 4.97. The van der Waals surface area contributed by atoms with Crippen molar-refractivity contribution in [1.82, 2.24) is 15.5 Å². The number of imide groups is 1. The molecule has 2 aromatic rings.